The average molecular weight is 233 g/mol. The standard InChI is InChI=1S/C15H23NO/c1-4-16-15(12-7-8-12)13-10-11(3)6-9-14(13)17-5-2/h6,9-10,12,15-16H,4-5,7-8H2,1-3H3. The number of benzene rings is 1. The number of hydrogen-bond acceptors (Lipinski definition) is 2. The van der Waals surface area contributed by atoms with E-state index in [0.717, 1.165) is 24.8 Å². The molecule has 0 spiro atoms. The molecule has 1 atom stereocenters. The monoisotopic (exact) mass is 233 g/mol. The molecule has 1 aliphatic carbocycles. The molecule has 0 aromatic heterocycles. The Kier molecular flexibility index (Phi) is 4.06. The molecule has 2 nitrogen and oxygen atoms in total. The highest BCUT2D eigenvalue weighted by atomic mass is 16.5. The van der Waals surface area contributed by atoms with Crippen LogP contribution in [-0.2, 0) is 0 Å². The lowest BCUT2D eigenvalue weighted by atomic mass is 9.99. The lowest BCUT2D eigenvalue weighted by Gasteiger charge is -2.21. The van der Waals surface area contributed by atoms with E-state index in [2.05, 4.69) is 37.4 Å². The first-order valence-corrected chi connectivity index (χ1v) is 6.73. The van der Waals surface area contributed by atoms with E-state index in [1.165, 1.54) is 24.0 Å². The molecule has 2 rings (SSSR count). The first-order valence-electron chi connectivity index (χ1n) is 6.73. The van der Waals surface area contributed by atoms with Crippen molar-refractivity contribution in [2.45, 2.75) is 39.7 Å². The van der Waals surface area contributed by atoms with Gasteiger partial charge in [0.2, 0.25) is 0 Å². The molecule has 1 aromatic carbocycles. The Bertz CT molecular complexity index is 371. The second-order valence-corrected chi connectivity index (χ2v) is 4.85. The van der Waals surface area contributed by atoms with Crippen molar-refractivity contribution >= 4 is 0 Å². The molecule has 1 fully saturated rings. The number of hydrogen-bond donors (Lipinski definition) is 1. The van der Waals surface area contributed by atoms with Crippen LogP contribution in [0.3, 0.4) is 0 Å². The Labute approximate surface area is 104 Å². The Hall–Kier alpha value is -1.02. The Morgan fingerprint density at radius 3 is 2.71 bits per heavy atom. The minimum absolute atomic E-state index is 0.474. The van der Waals surface area contributed by atoms with Crippen molar-refractivity contribution < 1.29 is 4.74 Å². The summed E-state index contributed by atoms with van der Waals surface area (Å²) in [6.45, 7) is 8.12. The van der Waals surface area contributed by atoms with Gasteiger partial charge in [-0.05, 0) is 45.2 Å². The molecular formula is C15H23NO. The zero-order chi connectivity index (χ0) is 12.3. The number of ether oxygens (including phenoxy) is 1. The van der Waals surface area contributed by atoms with Gasteiger partial charge in [-0.2, -0.15) is 0 Å². The van der Waals surface area contributed by atoms with Crippen molar-refractivity contribution in [3.8, 4) is 5.75 Å². The van der Waals surface area contributed by atoms with Crippen molar-refractivity contribution in [2.75, 3.05) is 13.2 Å². The van der Waals surface area contributed by atoms with Gasteiger partial charge in [-0.3, -0.25) is 0 Å². The van der Waals surface area contributed by atoms with Crippen LogP contribution in [0.5, 0.6) is 5.75 Å². The van der Waals surface area contributed by atoms with Crippen molar-refractivity contribution in [3.63, 3.8) is 0 Å². The summed E-state index contributed by atoms with van der Waals surface area (Å²) in [5, 5.41) is 3.61. The van der Waals surface area contributed by atoms with Gasteiger partial charge in [0.05, 0.1) is 6.61 Å². The van der Waals surface area contributed by atoms with E-state index >= 15 is 0 Å². The van der Waals surface area contributed by atoms with Crippen LogP contribution in [0, 0.1) is 12.8 Å². The van der Waals surface area contributed by atoms with Crippen LogP contribution in [0.1, 0.15) is 43.9 Å². The van der Waals surface area contributed by atoms with E-state index in [1.54, 1.807) is 0 Å². The van der Waals surface area contributed by atoms with Gasteiger partial charge in [-0.15, -0.1) is 0 Å². The fourth-order valence-corrected chi connectivity index (χ4v) is 2.38. The molecule has 2 heteroatoms. The predicted octanol–water partition coefficient (Wildman–Crippen LogP) is 3.45. The lowest BCUT2D eigenvalue weighted by molar-refractivity contribution is 0.328. The zero-order valence-corrected chi connectivity index (χ0v) is 11.1. The molecule has 0 saturated heterocycles. The van der Waals surface area contributed by atoms with Crippen molar-refractivity contribution in [1.29, 1.82) is 0 Å². The highest BCUT2D eigenvalue weighted by Gasteiger charge is 2.33. The molecule has 0 aliphatic heterocycles. The Morgan fingerprint density at radius 1 is 1.35 bits per heavy atom. The average Bonchev–Trinajstić information content (AvgIpc) is 3.13. The predicted molar refractivity (Wildman–Crippen MR) is 71.5 cm³/mol. The molecule has 94 valence electrons. The molecule has 1 saturated carbocycles. The topological polar surface area (TPSA) is 21.3 Å². The normalized spacial score (nSPS) is 16.9. The second kappa shape index (κ2) is 5.54. The highest BCUT2D eigenvalue weighted by Crippen LogP contribution is 2.43. The van der Waals surface area contributed by atoms with E-state index in [4.69, 9.17) is 4.74 Å². The van der Waals surface area contributed by atoms with Crippen LogP contribution in [0.15, 0.2) is 18.2 Å². The summed E-state index contributed by atoms with van der Waals surface area (Å²) in [6.07, 6.45) is 2.69. The van der Waals surface area contributed by atoms with Crippen LogP contribution in [0.25, 0.3) is 0 Å². The number of nitrogens with one attached hydrogen (secondary N) is 1. The maximum atomic E-state index is 5.76. The van der Waals surface area contributed by atoms with Gasteiger partial charge >= 0.3 is 0 Å². The third-order valence-corrected chi connectivity index (χ3v) is 3.32. The smallest absolute Gasteiger partial charge is 0.124 e. The molecule has 0 heterocycles. The van der Waals surface area contributed by atoms with Crippen LogP contribution >= 0.6 is 0 Å². The van der Waals surface area contributed by atoms with Gasteiger partial charge in [0, 0.05) is 11.6 Å². The van der Waals surface area contributed by atoms with Crippen LogP contribution in [0.2, 0.25) is 0 Å². The molecule has 0 bridgehead atoms. The van der Waals surface area contributed by atoms with Gasteiger partial charge < -0.3 is 10.1 Å². The van der Waals surface area contributed by atoms with Crippen LogP contribution in [0.4, 0.5) is 0 Å². The molecule has 0 amide bonds. The number of aryl methyl sites for hydroxylation is 1. The minimum atomic E-state index is 0.474. The maximum absolute atomic E-state index is 5.76. The van der Waals surface area contributed by atoms with E-state index in [1.807, 2.05) is 6.92 Å². The van der Waals surface area contributed by atoms with E-state index < -0.39 is 0 Å². The molecule has 0 radical (unpaired) electrons. The first-order chi connectivity index (χ1) is 8.26. The summed E-state index contributed by atoms with van der Waals surface area (Å²) in [4.78, 5) is 0. The summed E-state index contributed by atoms with van der Waals surface area (Å²) >= 11 is 0. The van der Waals surface area contributed by atoms with Gasteiger partial charge in [0.15, 0.2) is 0 Å². The maximum Gasteiger partial charge on any atom is 0.124 e. The zero-order valence-electron chi connectivity index (χ0n) is 11.1. The molecule has 1 aromatic rings. The largest absolute Gasteiger partial charge is 0.494 e. The summed E-state index contributed by atoms with van der Waals surface area (Å²) < 4.78 is 5.76. The summed E-state index contributed by atoms with van der Waals surface area (Å²) in [6, 6.07) is 6.99. The van der Waals surface area contributed by atoms with Gasteiger partial charge in [-0.25, -0.2) is 0 Å². The van der Waals surface area contributed by atoms with Crippen molar-refractivity contribution in [1.82, 2.24) is 5.32 Å². The summed E-state index contributed by atoms with van der Waals surface area (Å²) in [7, 11) is 0. The SMILES string of the molecule is CCNC(c1cc(C)ccc1OCC)C1CC1. The van der Waals surface area contributed by atoms with Crippen molar-refractivity contribution in [3.05, 3.63) is 29.3 Å². The van der Waals surface area contributed by atoms with E-state index in [0.29, 0.717) is 6.04 Å². The second-order valence-electron chi connectivity index (χ2n) is 4.85. The lowest BCUT2D eigenvalue weighted by Crippen LogP contribution is -2.23. The van der Waals surface area contributed by atoms with Crippen molar-refractivity contribution in [2.24, 2.45) is 5.92 Å². The molecular weight excluding hydrogens is 210 g/mol. The Morgan fingerprint density at radius 2 is 2.12 bits per heavy atom. The minimum Gasteiger partial charge on any atom is -0.494 e. The molecule has 1 unspecified atom stereocenters. The third-order valence-electron chi connectivity index (χ3n) is 3.32. The summed E-state index contributed by atoms with van der Waals surface area (Å²) in [5.41, 5.74) is 2.66. The fraction of sp³-hybridized carbons (Fsp3) is 0.600. The molecule has 1 N–H and O–H groups in total. The fourth-order valence-electron chi connectivity index (χ4n) is 2.38. The first kappa shape index (κ1) is 12.4. The van der Waals surface area contributed by atoms with E-state index in [-0.39, 0.29) is 0 Å². The highest BCUT2D eigenvalue weighted by molar-refractivity contribution is 5.40. The van der Waals surface area contributed by atoms with Crippen LogP contribution in [-0.4, -0.2) is 13.2 Å². The van der Waals surface area contributed by atoms with Gasteiger partial charge in [0.25, 0.3) is 0 Å². The van der Waals surface area contributed by atoms with Gasteiger partial charge in [0.1, 0.15) is 5.75 Å². The quantitative estimate of drug-likeness (QED) is 0.812. The Balaban J connectivity index is 2.28. The summed E-state index contributed by atoms with van der Waals surface area (Å²) in [5.74, 6) is 1.85. The molecule has 1 aliphatic rings. The third kappa shape index (κ3) is 3.01. The van der Waals surface area contributed by atoms with Crippen LogP contribution < -0.4 is 10.1 Å². The van der Waals surface area contributed by atoms with E-state index in [9.17, 15) is 0 Å². The van der Waals surface area contributed by atoms with Gasteiger partial charge in [-0.1, -0.05) is 24.6 Å². The number of rotatable bonds is 6. The molecule has 17 heavy (non-hydrogen) atoms.